The molecule has 1 aliphatic heterocycles. The van der Waals surface area contributed by atoms with E-state index in [-0.39, 0.29) is 6.10 Å². The van der Waals surface area contributed by atoms with Gasteiger partial charge in [0, 0.05) is 19.1 Å². The normalized spacial score (nSPS) is 21.5. The molecule has 0 N–H and O–H groups in total. The molecule has 0 unspecified atom stereocenters. The number of hydrogen-bond donors (Lipinski definition) is 0. The first-order valence-electron chi connectivity index (χ1n) is 6.23. The molecule has 4 heteroatoms. The van der Waals surface area contributed by atoms with Crippen molar-refractivity contribution < 1.29 is 4.74 Å². The second-order valence-corrected chi connectivity index (χ2v) is 5.07. The largest absolute Gasteiger partial charge is 0.487 e. The van der Waals surface area contributed by atoms with Crippen molar-refractivity contribution in [3.63, 3.8) is 0 Å². The highest BCUT2D eigenvalue weighted by Gasteiger charge is 2.27. The van der Waals surface area contributed by atoms with Crippen LogP contribution in [-0.4, -0.2) is 30.1 Å². The van der Waals surface area contributed by atoms with E-state index < -0.39 is 0 Å². The molecule has 0 aromatic heterocycles. The fraction of sp³-hybridized carbons (Fsp3) is 0.500. The van der Waals surface area contributed by atoms with Crippen LogP contribution in [0.2, 0.25) is 5.02 Å². The third-order valence-corrected chi connectivity index (χ3v) is 3.63. The van der Waals surface area contributed by atoms with Gasteiger partial charge in [0.15, 0.2) is 0 Å². The Labute approximate surface area is 113 Å². The molecule has 96 valence electrons. The summed E-state index contributed by atoms with van der Waals surface area (Å²) in [6.45, 7) is 3.94. The molecule has 2 rings (SSSR count). The Morgan fingerprint density at radius 2 is 2.33 bits per heavy atom. The molecular weight excluding hydrogens is 248 g/mol. The minimum atomic E-state index is 0.172. The van der Waals surface area contributed by atoms with E-state index in [0.717, 1.165) is 25.3 Å². The maximum atomic E-state index is 8.71. The van der Waals surface area contributed by atoms with Crippen LogP contribution >= 0.6 is 11.6 Å². The molecule has 0 spiro atoms. The zero-order valence-corrected chi connectivity index (χ0v) is 11.2. The third-order valence-electron chi connectivity index (χ3n) is 3.32. The summed E-state index contributed by atoms with van der Waals surface area (Å²) in [6.07, 6.45) is 1.73. The molecule has 0 bridgehead atoms. The van der Waals surface area contributed by atoms with E-state index in [9.17, 15) is 0 Å². The van der Waals surface area contributed by atoms with Crippen LogP contribution in [0.4, 0.5) is 0 Å². The van der Waals surface area contributed by atoms with Crippen molar-refractivity contribution in [1.82, 2.24) is 4.90 Å². The molecule has 1 heterocycles. The van der Waals surface area contributed by atoms with Crippen LogP contribution in [0.3, 0.4) is 0 Å². The van der Waals surface area contributed by atoms with Crippen molar-refractivity contribution >= 4 is 11.6 Å². The summed E-state index contributed by atoms with van der Waals surface area (Å²) in [7, 11) is 0. The number of benzene rings is 1. The van der Waals surface area contributed by atoms with Crippen LogP contribution in [0.5, 0.6) is 5.75 Å². The molecular formula is C14H17ClN2O. The topological polar surface area (TPSA) is 36.3 Å². The van der Waals surface area contributed by atoms with E-state index in [4.69, 9.17) is 21.6 Å². The van der Waals surface area contributed by atoms with Gasteiger partial charge in [-0.2, -0.15) is 5.26 Å². The summed E-state index contributed by atoms with van der Waals surface area (Å²) in [6, 6.07) is 10.1. The number of likely N-dealkylation sites (tertiary alicyclic amines) is 1. The van der Waals surface area contributed by atoms with Crippen molar-refractivity contribution in [3.05, 3.63) is 29.3 Å². The van der Waals surface area contributed by atoms with Gasteiger partial charge in [0.05, 0.1) is 17.5 Å². The van der Waals surface area contributed by atoms with Gasteiger partial charge in [-0.1, -0.05) is 23.7 Å². The van der Waals surface area contributed by atoms with E-state index in [0.29, 0.717) is 17.5 Å². The highest BCUT2D eigenvalue weighted by molar-refractivity contribution is 6.32. The Bertz CT molecular complexity index is 444. The zero-order chi connectivity index (χ0) is 13.0. The summed E-state index contributed by atoms with van der Waals surface area (Å²) >= 11 is 6.07. The van der Waals surface area contributed by atoms with Crippen molar-refractivity contribution in [2.75, 3.05) is 13.1 Å². The molecule has 1 aromatic rings. The Morgan fingerprint density at radius 3 is 3.06 bits per heavy atom. The number of halogens is 1. The third kappa shape index (κ3) is 3.16. The molecule has 18 heavy (non-hydrogen) atoms. The van der Waals surface area contributed by atoms with Gasteiger partial charge in [-0.3, -0.25) is 4.90 Å². The first-order valence-corrected chi connectivity index (χ1v) is 6.60. The van der Waals surface area contributed by atoms with Gasteiger partial charge in [-0.15, -0.1) is 0 Å². The summed E-state index contributed by atoms with van der Waals surface area (Å²) < 4.78 is 5.91. The predicted molar refractivity (Wildman–Crippen MR) is 71.8 cm³/mol. The lowest BCUT2D eigenvalue weighted by molar-refractivity contribution is 0.183. The SMILES string of the molecule is C[C@H](CC#N)N1CC[C@@H](Oc2ccccc2Cl)C1. The van der Waals surface area contributed by atoms with Crippen LogP contribution in [0.15, 0.2) is 24.3 Å². The molecule has 1 saturated heterocycles. The standard InChI is InChI=1S/C14H17ClN2O/c1-11(6-8-16)17-9-7-12(10-17)18-14-5-3-2-4-13(14)15/h2-5,11-12H,6-7,9-10H2,1H3/t11-,12-/m1/s1. The van der Waals surface area contributed by atoms with Crippen LogP contribution in [0.1, 0.15) is 19.8 Å². The molecule has 1 fully saturated rings. The van der Waals surface area contributed by atoms with Crippen molar-refractivity contribution in [3.8, 4) is 11.8 Å². The Balaban J connectivity index is 1.90. The zero-order valence-electron chi connectivity index (χ0n) is 10.5. The van der Waals surface area contributed by atoms with E-state index in [1.807, 2.05) is 24.3 Å². The summed E-state index contributed by atoms with van der Waals surface area (Å²) in [4.78, 5) is 2.30. The van der Waals surface area contributed by atoms with Gasteiger partial charge in [-0.05, 0) is 25.5 Å². The van der Waals surface area contributed by atoms with Crippen molar-refractivity contribution in [2.45, 2.75) is 31.9 Å². The number of ether oxygens (including phenoxy) is 1. The van der Waals surface area contributed by atoms with E-state index in [1.165, 1.54) is 0 Å². The van der Waals surface area contributed by atoms with E-state index in [1.54, 1.807) is 0 Å². The molecule has 1 aliphatic rings. The maximum Gasteiger partial charge on any atom is 0.138 e. The van der Waals surface area contributed by atoms with Gasteiger partial charge in [-0.25, -0.2) is 0 Å². The molecule has 2 atom stereocenters. The van der Waals surface area contributed by atoms with Gasteiger partial charge in [0.25, 0.3) is 0 Å². The van der Waals surface area contributed by atoms with Crippen LogP contribution in [0.25, 0.3) is 0 Å². The minimum Gasteiger partial charge on any atom is -0.487 e. The highest BCUT2D eigenvalue weighted by Crippen LogP contribution is 2.27. The minimum absolute atomic E-state index is 0.172. The summed E-state index contributed by atoms with van der Waals surface area (Å²) in [5.41, 5.74) is 0. The lowest BCUT2D eigenvalue weighted by Gasteiger charge is -2.22. The first-order chi connectivity index (χ1) is 8.70. The van der Waals surface area contributed by atoms with Gasteiger partial charge >= 0.3 is 0 Å². The Kier molecular flexibility index (Phi) is 4.46. The maximum absolute atomic E-state index is 8.71. The molecule has 0 saturated carbocycles. The van der Waals surface area contributed by atoms with Gasteiger partial charge < -0.3 is 4.74 Å². The van der Waals surface area contributed by atoms with Gasteiger partial charge in [0.1, 0.15) is 11.9 Å². The predicted octanol–water partition coefficient (Wildman–Crippen LogP) is 3.10. The fourth-order valence-corrected chi connectivity index (χ4v) is 2.41. The highest BCUT2D eigenvalue weighted by atomic mass is 35.5. The van der Waals surface area contributed by atoms with Crippen LogP contribution in [0, 0.1) is 11.3 Å². The second-order valence-electron chi connectivity index (χ2n) is 4.67. The monoisotopic (exact) mass is 264 g/mol. The van der Waals surface area contributed by atoms with Crippen LogP contribution < -0.4 is 4.74 Å². The average molecular weight is 265 g/mol. The number of para-hydroxylation sites is 1. The number of nitrogens with zero attached hydrogens (tertiary/aromatic N) is 2. The Hall–Kier alpha value is -1.24. The number of hydrogen-bond acceptors (Lipinski definition) is 3. The summed E-state index contributed by atoms with van der Waals surface area (Å²) in [5.74, 6) is 0.749. The molecule has 3 nitrogen and oxygen atoms in total. The van der Waals surface area contributed by atoms with E-state index in [2.05, 4.69) is 17.9 Å². The first kappa shape index (κ1) is 13.2. The van der Waals surface area contributed by atoms with Gasteiger partial charge in [0.2, 0.25) is 0 Å². The number of rotatable bonds is 4. The van der Waals surface area contributed by atoms with Crippen molar-refractivity contribution in [2.24, 2.45) is 0 Å². The fourth-order valence-electron chi connectivity index (χ4n) is 2.23. The molecule has 1 aromatic carbocycles. The van der Waals surface area contributed by atoms with Crippen LogP contribution in [-0.2, 0) is 0 Å². The van der Waals surface area contributed by atoms with Crippen molar-refractivity contribution in [1.29, 1.82) is 5.26 Å². The average Bonchev–Trinajstić information content (AvgIpc) is 2.81. The van der Waals surface area contributed by atoms with E-state index >= 15 is 0 Å². The molecule has 0 radical (unpaired) electrons. The summed E-state index contributed by atoms with van der Waals surface area (Å²) in [5, 5.41) is 9.36. The Morgan fingerprint density at radius 1 is 1.56 bits per heavy atom. The quantitative estimate of drug-likeness (QED) is 0.838. The lowest BCUT2D eigenvalue weighted by atomic mass is 10.2. The smallest absolute Gasteiger partial charge is 0.138 e. The number of nitriles is 1. The second kappa shape index (κ2) is 6.08. The molecule has 0 amide bonds. The lowest BCUT2D eigenvalue weighted by Crippen LogP contribution is -2.32. The molecule has 0 aliphatic carbocycles.